The smallest absolute Gasteiger partial charge is 0.412 e. The SMILES string of the molecule is CC(CC=O)c1ccccc1NC(=O)OC(C)(C)C. The van der Waals surface area contributed by atoms with E-state index in [9.17, 15) is 9.59 Å². The second-order valence-electron chi connectivity index (χ2n) is 5.52. The molecule has 1 aromatic carbocycles. The summed E-state index contributed by atoms with van der Waals surface area (Å²) in [6.07, 6.45) is 0.820. The molecule has 0 saturated carbocycles. The number of amides is 1. The number of benzene rings is 1. The number of anilines is 1. The zero-order chi connectivity index (χ0) is 14.5. The van der Waals surface area contributed by atoms with Crippen LogP contribution >= 0.6 is 0 Å². The molecule has 0 fully saturated rings. The molecule has 1 N–H and O–H groups in total. The van der Waals surface area contributed by atoms with Crippen molar-refractivity contribution >= 4 is 18.1 Å². The normalized spacial score (nSPS) is 12.6. The van der Waals surface area contributed by atoms with Gasteiger partial charge in [-0.3, -0.25) is 5.32 Å². The third-order valence-electron chi connectivity index (χ3n) is 2.58. The summed E-state index contributed by atoms with van der Waals surface area (Å²) in [4.78, 5) is 22.4. The number of nitrogens with one attached hydrogen (secondary N) is 1. The average Bonchev–Trinajstić information content (AvgIpc) is 2.27. The lowest BCUT2D eigenvalue weighted by molar-refractivity contribution is -0.108. The molecule has 4 heteroatoms. The van der Waals surface area contributed by atoms with E-state index in [2.05, 4.69) is 5.32 Å². The van der Waals surface area contributed by atoms with Crippen molar-refractivity contribution in [3.8, 4) is 0 Å². The molecule has 0 bridgehead atoms. The highest BCUT2D eigenvalue weighted by molar-refractivity contribution is 5.86. The minimum Gasteiger partial charge on any atom is -0.444 e. The summed E-state index contributed by atoms with van der Waals surface area (Å²) >= 11 is 0. The Kier molecular flexibility index (Phi) is 5.10. The average molecular weight is 263 g/mol. The van der Waals surface area contributed by atoms with Crippen molar-refractivity contribution in [2.45, 2.75) is 45.6 Å². The molecule has 0 spiro atoms. The summed E-state index contributed by atoms with van der Waals surface area (Å²) in [5, 5.41) is 2.73. The van der Waals surface area contributed by atoms with E-state index in [0.717, 1.165) is 11.8 Å². The maximum Gasteiger partial charge on any atom is 0.412 e. The molecule has 4 nitrogen and oxygen atoms in total. The lowest BCUT2D eigenvalue weighted by atomic mass is 9.97. The lowest BCUT2D eigenvalue weighted by Gasteiger charge is -2.21. The van der Waals surface area contributed by atoms with Gasteiger partial charge in [0.2, 0.25) is 0 Å². The Balaban J connectivity index is 2.83. The Morgan fingerprint density at radius 2 is 2.00 bits per heavy atom. The van der Waals surface area contributed by atoms with E-state index < -0.39 is 11.7 Å². The molecule has 0 aliphatic rings. The number of rotatable bonds is 4. The zero-order valence-electron chi connectivity index (χ0n) is 11.9. The van der Waals surface area contributed by atoms with Crippen LogP contribution in [0.1, 0.15) is 45.6 Å². The molecule has 1 amide bonds. The summed E-state index contributed by atoms with van der Waals surface area (Å²) in [5.74, 6) is 0.0589. The summed E-state index contributed by atoms with van der Waals surface area (Å²) in [6, 6.07) is 7.43. The van der Waals surface area contributed by atoms with E-state index in [1.54, 1.807) is 6.07 Å². The summed E-state index contributed by atoms with van der Waals surface area (Å²) in [7, 11) is 0. The highest BCUT2D eigenvalue weighted by atomic mass is 16.6. The number of carbonyl (C=O) groups is 2. The summed E-state index contributed by atoms with van der Waals surface area (Å²) < 4.78 is 5.22. The van der Waals surface area contributed by atoms with Gasteiger partial charge < -0.3 is 9.53 Å². The maximum absolute atomic E-state index is 11.8. The van der Waals surface area contributed by atoms with Crippen LogP contribution < -0.4 is 5.32 Å². The van der Waals surface area contributed by atoms with Crippen LogP contribution in [0.3, 0.4) is 0 Å². The second-order valence-corrected chi connectivity index (χ2v) is 5.52. The molecule has 0 aliphatic carbocycles. The van der Waals surface area contributed by atoms with Crippen molar-refractivity contribution in [3.05, 3.63) is 29.8 Å². The first-order valence-corrected chi connectivity index (χ1v) is 6.36. The number of aldehydes is 1. The van der Waals surface area contributed by atoms with Crippen molar-refractivity contribution in [3.63, 3.8) is 0 Å². The van der Waals surface area contributed by atoms with Crippen molar-refractivity contribution in [1.82, 2.24) is 0 Å². The van der Waals surface area contributed by atoms with Crippen LogP contribution in [-0.2, 0) is 9.53 Å². The maximum atomic E-state index is 11.8. The Morgan fingerprint density at radius 3 is 2.58 bits per heavy atom. The van der Waals surface area contributed by atoms with Crippen molar-refractivity contribution in [2.24, 2.45) is 0 Å². The minimum absolute atomic E-state index is 0.0589. The summed E-state index contributed by atoms with van der Waals surface area (Å²) in [6.45, 7) is 7.39. The van der Waals surface area contributed by atoms with Gasteiger partial charge in [0.15, 0.2) is 0 Å². The topological polar surface area (TPSA) is 55.4 Å². The van der Waals surface area contributed by atoms with Gasteiger partial charge in [0.05, 0.1) is 0 Å². The third-order valence-corrected chi connectivity index (χ3v) is 2.58. The summed E-state index contributed by atoms with van der Waals surface area (Å²) in [5.41, 5.74) is 1.08. The molecule has 0 saturated heterocycles. The van der Waals surface area contributed by atoms with Gasteiger partial charge in [-0.15, -0.1) is 0 Å². The standard InChI is InChI=1S/C15H21NO3/c1-11(9-10-17)12-7-5-6-8-13(12)16-14(18)19-15(2,3)4/h5-8,10-11H,9H2,1-4H3,(H,16,18). The fourth-order valence-corrected chi connectivity index (χ4v) is 1.73. The molecule has 0 radical (unpaired) electrons. The van der Waals surface area contributed by atoms with Crippen molar-refractivity contribution < 1.29 is 14.3 Å². The molecule has 19 heavy (non-hydrogen) atoms. The largest absolute Gasteiger partial charge is 0.444 e. The zero-order valence-corrected chi connectivity index (χ0v) is 11.9. The van der Waals surface area contributed by atoms with Crippen LogP contribution in [-0.4, -0.2) is 18.0 Å². The third kappa shape index (κ3) is 5.12. The number of ether oxygens (including phenoxy) is 1. The number of carbonyl (C=O) groups excluding carboxylic acids is 2. The monoisotopic (exact) mass is 263 g/mol. The first-order chi connectivity index (χ1) is 8.83. The lowest BCUT2D eigenvalue weighted by Crippen LogP contribution is -2.27. The highest BCUT2D eigenvalue weighted by Crippen LogP contribution is 2.26. The number of para-hydroxylation sites is 1. The molecule has 0 aliphatic heterocycles. The van der Waals surface area contributed by atoms with Crippen LogP contribution in [0.15, 0.2) is 24.3 Å². The van der Waals surface area contributed by atoms with E-state index in [4.69, 9.17) is 4.74 Å². The van der Waals surface area contributed by atoms with E-state index in [0.29, 0.717) is 12.1 Å². The molecule has 1 atom stereocenters. The molecule has 0 aromatic heterocycles. The van der Waals surface area contributed by atoms with Crippen LogP contribution in [0.5, 0.6) is 0 Å². The predicted molar refractivity (Wildman–Crippen MR) is 75.4 cm³/mol. The minimum atomic E-state index is -0.534. The first-order valence-electron chi connectivity index (χ1n) is 6.36. The van der Waals surface area contributed by atoms with Crippen LogP contribution in [0, 0.1) is 0 Å². The van der Waals surface area contributed by atoms with Crippen molar-refractivity contribution in [1.29, 1.82) is 0 Å². The van der Waals surface area contributed by atoms with Crippen LogP contribution in [0.4, 0.5) is 10.5 Å². The van der Waals surface area contributed by atoms with Gasteiger partial charge in [-0.1, -0.05) is 25.1 Å². The molecular formula is C15H21NO3. The molecule has 0 heterocycles. The van der Waals surface area contributed by atoms with E-state index >= 15 is 0 Å². The quantitative estimate of drug-likeness (QED) is 0.842. The fraction of sp³-hybridized carbons (Fsp3) is 0.467. The van der Waals surface area contributed by atoms with Gasteiger partial charge in [0.1, 0.15) is 11.9 Å². The Hall–Kier alpha value is -1.84. The first kappa shape index (κ1) is 15.2. The van der Waals surface area contributed by atoms with Gasteiger partial charge in [0, 0.05) is 12.1 Å². The van der Waals surface area contributed by atoms with E-state index in [1.165, 1.54) is 0 Å². The predicted octanol–water partition coefficient (Wildman–Crippen LogP) is 3.73. The van der Waals surface area contributed by atoms with E-state index in [-0.39, 0.29) is 5.92 Å². The Labute approximate surface area is 114 Å². The second kappa shape index (κ2) is 6.36. The number of hydrogen-bond donors (Lipinski definition) is 1. The molecule has 104 valence electrons. The van der Waals surface area contributed by atoms with Crippen LogP contribution in [0.25, 0.3) is 0 Å². The molecule has 1 aromatic rings. The fourth-order valence-electron chi connectivity index (χ4n) is 1.73. The number of hydrogen-bond acceptors (Lipinski definition) is 3. The molecule has 1 rings (SSSR count). The van der Waals surface area contributed by atoms with Gasteiger partial charge in [0.25, 0.3) is 0 Å². The molecule has 1 unspecified atom stereocenters. The molecular weight excluding hydrogens is 242 g/mol. The van der Waals surface area contributed by atoms with Gasteiger partial charge in [-0.25, -0.2) is 4.79 Å². The van der Waals surface area contributed by atoms with E-state index in [1.807, 2.05) is 45.9 Å². The van der Waals surface area contributed by atoms with Gasteiger partial charge in [-0.2, -0.15) is 0 Å². The van der Waals surface area contributed by atoms with Gasteiger partial charge >= 0.3 is 6.09 Å². The van der Waals surface area contributed by atoms with Gasteiger partial charge in [-0.05, 0) is 38.3 Å². The Morgan fingerprint density at radius 1 is 1.37 bits per heavy atom. The Bertz CT molecular complexity index is 449. The van der Waals surface area contributed by atoms with Crippen LogP contribution in [0.2, 0.25) is 0 Å². The highest BCUT2D eigenvalue weighted by Gasteiger charge is 2.18. The van der Waals surface area contributed by atoms with Crippen molar-refractivity contribution in [2.75, 3.05) is 5.32 Å².